The molecule has 1 N–H and O–H groups in total. The lowest BCUT2D eigenvalue weighted by Gasteiger charge is -2.23. The molecule has 0 aliphatic rings. The summed E-state index contributed by atoms with van der Waals surface area (Å²) in [6.45, 7) is 5.27. The lowest BCUT2D eigenvalue weighted by atomic mass is 9.96. The molecule has 0 aliphatic carbocycles. The molecule has 1 aromatic heterocycles. The van der Waals surface area contributed by atoms with Crippen molar-refractivity contribution in [2.24, 2.45) is 7.05 Å². The van der Waals surface area contributed by atoms with Gasteiger partial charge in [0.15, 0.2) is 0 Å². The highest BCUT2D eigenvalue weighted by atomic mass is 35.5. The van der Waals surface area contributed by atoms with Gasteiger partial charge in [-0.3, -0.25) is 9.89 Å². The third-order valence-electron chi connectivity index (χ3n) is 5.28. The molecule has 0 unspecified atom stereocenters. The van der Waals surface area contributed by atoms with Crippen LogP contribution in [0.25, 0.3) is 33.2 Å². The molecule has 170 valence electrons. The first kappa shape index (κ1) is 22.8. The maximum absolute atomic E-state index is 12.0. The summed E-state index contributed by atoms with van der Waals surface area (Å²) in [6, 6.07) is 19.6. The van der Waals surface area contributed by atoms with Gasteiger partial charge in [0, 0.05) is 23.6 Å². The molecule has 0 radical (unpaired) electrons. The number of amides is 1. The number of ether oxygens (including phenoxy) is 1. The summed E-state index contributed by atoms with van der Waals surface area (Å²) in [5.41, 5.74) is 4.92. The summed E-state index contributed by atoms with van der Waals surface area (Å²) in [5, 5.41) is 16.7. The quantitative estimate of drug-likeness (QED) is 0.270. The molecule has 0 spiro atoms. The van der Waals surface area contributed by atoms with Crippen molar-refractivity contribution in [3.05, 3.63) is 77.4 Å². The van der Waals surface area contributed by atoms with E-state index >= 15 is 0 Å². The number of aryl methyl sites for hydroxylation is 1. The van der Waals surface area contributed by atoms with Crippen LogP contribution in [0.1, 0.15) is 26.3 Å². The number of hydrogen-bond donors (Lipinski definition) is 1. The van der Waals surface area contributed by atoms with E-state index in [4.69, 9.17) is 16.3 Å². The number of nitrogens with zero attached hydrogens (tertiary/aromatic N) is 3. The molecule has 0 atom stereocenters. The Morgan fingerprint density at radius 2 is 1.67 bits per heavy atom. The van der Waals surface area contributed by atoms with E-state index in [1.165, 1.54) is 0 Å². The topological polar surface area (TPSA) is 67.6 Å². The van der Waals surface area contributed by atoms with Gasteiger partial charge in [0.05, 0.1) is 23.3 Å². The second-order valence-electron chi connectivity index (χ2n) is 8.91. The van der Waals surface area contributed by atoms with Gasteiger partial charge in [-0.15, -0.1) is 0 Å². The average Bonchev–Trinajstić information content (AvgIpc) is 3.15. The maximum atomic E-state index is 12.0. The molecular weight excluding hydrogens is 438 g/mol. The number of fused-ring (bicyclic) bond motifs is 1. The van der Waals surface area contributed by atoms with Crippen LogP contribution in [-0.4, -0.2) is 31.7 Å². The molecule has 0 aliphatic heterocycles. The van der Waals surface area contributed by atoms with Crippen LogP contribution in [0.2, 0.25) is 5.02 Å². The van der Waals surface area contributed by atoms with E-state index in [2.05, 4.69) is 5.10 Å². The maximum Gasteiger partial charge on any atom is 0.434 e. The van der Waals surface area contributed by atoms with Crippen LogP contribution in [0.15, 0.2) is 66.9 Å². The van der Waals surface area contributed by atoms with Crippen LogP contribution in [0.3, 0.4) is 0 Å². The van der Waals surface area contributed by atoms with Crippen molar-refractivity contribution in [3.8, 4) is 22.3 Å². The molecular formula is C26H26ClN3O3. The zero-order valence-corrected chi connectivity index (χ0v) is 19.8. The van der Waals surface area contributed by atoms with Gasteiger partial charge in [0.25, 0.3) is 0 Å². The number of halogens is 1. The predicted octanol–water partition coefficient (Wildman–Crippen LogP) is 6.69. The Morgan fingerprint density at radius 1 is 1.03 bits per heavy atom. The lowest BCUT2D eigenvalue weighted by molar-refractivity contribution is -0.0998. The first-order valence-corrected chi connectivity index (χ1v) is 11.0. The van der Waals surface area contributed by atoms with E-state index in [9.17, 15) is 10.0 Å². The number of hydroxylamine groups is 2. The monoisotopic (exact) mass is 463 g/mol. The minimum atomic E-state index is -0.785. The number of aromatic nitrogens is 2. The van der Waals surface area contributed by atoms with E-state index in [1.807, 2.05) is 78.6 Å². The van der Waals surface area contributed by atoms with Gasteiger partial charge in [0.1, 0.15) is 5.60 Å². The zero-order valence-electron chi connectivity index (χ0n) is 19.0. The van der Waals surface area contributed by atoms with Gasteiger partial charge >= 0.3 is 6.09 Å². The Kier molecular flexibility index (Phi) is 6.15. The Hall–Kier alpha value is -3.35. The Labute approximate surface area is 197 Å². The van der Waals surface area contributed by atoms with Crippen molar-refractivity contribution < 1.29 is 14.7 Å². The van der Waals surface area contributed by atoms with Crippen molar-refractivity contribution in [1.29, 1.82) is 0 Å². The highest BCUT2D eigenvalue weighted by Crippen LogP contribution is 2.39. The smallest absolute Gasteiger partial charge is 0.434 e. The summed E-state index contributed by atoms with van der Waals surface area (Å²) < 4.78 is 7.03. The molecule has 6 nitrogen and oxygen atoms in total. The van der Waals surface area contributed by atoms with Gasteiger partial charge in [-0.2, -0.15) is 10.2 Å². The molecule has 4 rings (SSSR count). The van der Waals surface area contributed by atoms with E-state index in [-0.39, 0.29) is 6.54 Å². The number of carbonyl (C=O) groups excluding carboxylic acids is 1. The van der Waals surface area contributed by atoms with Crippen molar-refractivity contribution in [2.45, 2.75) is 32.9 Å². The fraction of sp³-hybridized carbons (Fsp3) is 0.231. The second-order valence-corrected chi connectivity index (χ2v) is 9.29. The normalized spacial score (nSPS) is 11.6. The van der Waals surface area contributed by atoms with E-state index in [0.717, 1.165) is 38.7 Å². The van der Waals surface area contributed by atoms with Gasteiger partial charge in [-0.25, -0.2) is 4.79 Å². The minimum Gasteiger partial charge on any atom is -0.442 e. The molecule has 0 fully saturated rings. The van der Waals surface area contributed by atoms with Crippen LogP contribution in [0, 0.1) is 0 Å². The third-order valence-corrected chi connectivity index (χ3v) is 5.69. The highest BCUT2D eigenvalue weighted by Gasteiger charge is 2.21. The summed E-state index contributed by atoms with van der Waals surface area (Å²) in [7, 11) is 1.92. The summed E-state index contributed by atoms with van der Waals surface area (Å²) in [5.74, 6) is 0. The third kappa shape index (κ3) is 4.87. The molecule has 0 bridgehead atoms. The van der Waals surface area contributed by atoms with Crippen molar-refractivity contribution in [1.82, 2.24) is 14.8 Å². The molecule has 0 saturated heterocycles. The summed E-state index contributed by atoms with van der Waals surface area (Å²) in [6.07, 6.45) is 1.07. The van der Waals surface area contributed by atoms with Crippen LogP contribution in [0.4, 0.5) is 4.79 Å². The first-order valence-electron chi connectivity index (χ1n) is 10.6. The lowest BCUT2D eigenvalue weighted by Crippen LogP contribution is -2.34. The molecule has 0 saturated carbocycles. The average molecular weight is 464 g/mol. The van der Waals surface area contributed by atoms with E-state index < -0.39 is 11.7 Å². The fourth-order valence-corrected chi connectivity index (χ4v) is 4.05. The number of hydrogen-bond acceptors (Lipinski definition) is 4. The molecule has 3 aromatic carbocycles. The number of benzene rings is 3. The number of carbonyl (C=O) groups is 1. The largest absolute Gasteiger partial charge is 0.442 e. The molecule has 4 aromatic rings. The van der Waals surface area contributed by atoms with E-state index in [0.29, 0.717) is 10.1 Å². The van der Waals surface area contributed by atoms with Crippen LogP contribution < -0.4 is 0 Å². The van der Waals surface area contributed by atoms with Crippen molar-refractivity contribution in [3.63, 3.8) is 0 Å². The van der Waals surface area contributed by atoms with Crippen LogP contribution in [0.5, 0.6) is 0 Å². The molecule has 1 heterocycles. The molecule has 7 heteroatoms. The Bertz CT molecular complexity index is 1310. The zero-order chi connectivity index (χ0) is 23.8. The van der Waals surface area contributed by atoms with Crippen LogP contribution in [-0.2, 0) is 18.3 Å². The van der Waals surface area contributed by atoms with Gasteiger partial charge in [0.2, 0.25) is 0 Å². The Balaban J connectivity index is 1.60. The summed E-state index contributed by atoms with van der Waals surface area (Å²) in [4.78, 5) is 12.0. The van der Waals surface area contributed by atoms with Crippen molar-refractivity contribution in [2.75, 3.05) is 0 Å². The SMILES string of the molecule is Cn1ncc2c(-c3cccc(-c4ccc(CN(O)C(=O)OC(C)(C)C)cc4)c3Cl)cccc21. The second kappa shape index (κ2) is 8.89. The molecule has 1 amide bonds. The van der Waals surface area contributed by atoms with Crippen molar-refractivity contribution >= 4 is 28.6 Å². The van der Waals surface area contributed by atoms with Crippen LogP contribution >= 0.6 is 11.6 Å². The Morgan fingerprint density at radius 3 is 2.36 bits per heavy atom. The molecule has 33 heavy (non-hydrogen) atoms. The predicted molar refractivity (Wildman–Crippen MR) is 130 cm³/mol. The van der Waals surface area contributed by atoms with Gasteiger partial charge < -0.3 is 4.74 Å². The standard InChI is InChI=1S/C26H26ClN3O3/c1-26(2,3)33-25(31)30(32)16-17-11-13-18(14-12-17)19-7-5-9-21(24(19)27)20-8-6-10-23-22(20)15-28-29(23)4/h5-15,32H,16H2,1-4H3. The fourth-order valence-electron chi connectivity index (χ4n) is 3.72. The number of rotatable bonds is 4. The highest BCUT2D eigenvalue weighted by molar-refractivity contribution is 6.36. The minimum absolute atomic E-state index is 0.0198. The van der Waals surface area contributed by atoms with Gasteiger partial charge in [-0.05, 0) is 43.5 Å². The van der Waals surface area contributed by atoms with E-state index in [1.54, 1.807) is 20.8 Å². The van der Waals surface area contributed by atoms with Gasteiger partial charge in [-0.1, -0.05) is 66.2 Å². The first-order chi connectivity index (χ1) is 15.6. The summed E-state index contributed by atoms with van der Waals surface area (Å²) >= 11 is 6.88.